The van der Waals surface area contributed by atoms with Crippen molar-refractivity contribution in [2.24, 2.45) is 0 Å². The van der Waals surface area contributed by atoms with Crippen molar-refractivity contribution in [2.45, 2.75) is 25.3 Å². The van der Waals surface area contributed by atoms with Crippen LogP contribution in [-0.2, 0) is 4.79 Å². The van der Waals surface area contributed by atoms with Crippen molar-refractivity contribution in [3.05, 3.63) is 34.3 Å². The van der Waals surface area contributed by atoms with Gasteiger partial charge in [-0.25, -0.2) is 0 Å². The summed E-state index contributed by atoms with van der Waals surface area (Å²) in [6, 6.07) is 8.47. The molecule has 0 aliphatic carbocycles. The van der Waals surface area contributed by atoms with Gasteiger partial charge in [-0.3, -0.25) is 4.79 Å². The van der Waals surface area contributed by atoms with E-state index in [1.54, 1.807) is 0 Å². The Morgan fingerprint density at radius 3 is 2.41 bits per heavy atom. The zero-order valence-electron chi connectivity index (χ0n) is 10.2. The predicted octanol–water partition coefficient (Wildman–Crippen LogP) is 3.31. The van der Waals surface area contributed by atoms with Crippen LogP contribution < -0.4 is 0 Å². The average molecular weight is 300 g/mol. The molecule has 0 heterocycles. The van der Waals surface area contributed by atoms with E-state index in [9.17, 15) is 4.79 Å². The van der Waals surface area contributed by atoms with Gasteiger partial charge in [0, 0.05) is 16.9 Å². The monoisotopic (exact) mass is 299 g/mol. The van der Waals surface area contributed by atoms with Crippen molar-refractivity contribution in [3.63, 3.8) is 0 Å². The Bertz CT molecular complexity index is 362. The highest BCUT2D eigenvalue weighted by Gasteiger charge is 2.14. The molecule has 1 aromatic carbocycles. The molecule has 0 saturated heterocycles. The third-order valence-electron chi connectivity index (χ3n) is 2.75. The molecule has 0 bridgehead atoms. The van der Waals surface area contributed by atoms with Crippen molar-refractivity contribution in [2.75, 3.05) is 14.1 Å². The quantitative estimate of drug-likeness (QED) is 0.876. The van der Waals surface area contributed by atoms with Crippen LogP contribution in [0.3, 0.4) is 0 Å². The summed E-state index contributed by atoms with van der Waals surface area (Å²) in [5.74, 6) is -0.724. The standard InChI is InChI=1S/C13H18BrNO2/c1-15(2)12(4-3-5-13(16)17)10-6-8-11(14)9-7-10/h6-9,12H,3-5H2,1-2H3,(H,16,17). The molecule has 1 aromatic rings. The van der Waals surface area contributed by atoms with Crippen LogP contribution in [0.1, 0.15) is 30.9 Å². The second-order valence-corrected chi connectivity index (χ2v) is 5.23. The molecule has 4 heteroatoms. The van der Waals surface area contributed by atoms with Gasteiger partial charge in [-0.2, -0.15) is 0 Å². The highest BCUT2D eigenvalue weighted by Crippen LogP contribution is 2.25. The lowest BCUT2D eigenvalue weighted by Gasteiger charge is -2.24. The molecule has 17 heavy (non-hydrogen) atoms. The number of aliphatic carboxylic acids is 1. The Labute approximate surface area is 111 Å². The lowest BCUT2D eigenvalue weighted by atomic mass is 10.0. The normalized spacial score (nSPS) is 12.7. The zero-order valence-corrected chi connectivity index (χ0v) is 11.8. The van der Waals surface area contributed by atoms with E-state index >= 15 is 0 Å². The minimum absolute atomic E-state index is 0.237. The van der Waals surface area contributed by atoms with Crippen molar-refractivity contribution in [1.82, 2.24) is 4.90 Å². The summed E-state index contributed by atoms with van der Waals surface area (Å²) in [6.45, 7) is 0. The maximum Gasteiger partial charge on any atom is 0.303 e. The van der Waals surface area contributed by atoms with Crippen LogP contribution >= 0.6 is 15.9 Å². The number of halogens is 1. The Kier molecular flexibility index (Phi) is 5.65. The second-order valence-electron chi connectivity index (χ2n) is 4.32. The highest BCUT2D eigenvalue weighted by molar-refractivity contribution is 9.10. The number of hydrogen-bond donors (Lipinski definition) is 1. The fraction of sp³-hybridized carbons (Fsp3) is 0.462. The van der Waals surface area contributed by atoms with E-state index in [1.165, 1.54) is 5.56 Å². The molecule has 94 valence electrons. The van der Waals surface area contributed by atoms with Gasteiger partial charge in [0.2, 0.25) is 0 Å². The molecule has 0 aliphatic rings. The van der Waals surface area contributed by atoms with E-state index in [0.717, 1.165) is 10.9 Å². The Morgan fingerprint density at radius 1 is 1.35 bits per heavy atom. The number of carboxylic acids is 1. The van der Waals surface area contributed by atoms with Gasteiger partial charge >= 0.3 is 5.97 Å². The topological polar surface area (TPSA) is 40.5 Å². The van der Waals surface area contributed by atoms with Gasteiger partial charge in [-0.05, 0) is 44.6 Å². The van der Waals surface area contributed by atoms with Crippen LogP contribution in [-0.4, -0.2) is 30.1 Å². The largest absolute Gasteiger partial charge is 0.481 e. The van der Waals surface area contributed by atoms with E-state index in [-0.39, 0.29) is 12.5 Å². The first-order valence-electron chi connectivity index (χ1n) is 5.64. The maximum absolute atomic E-state index is 10.5. The molecule has 1 rings (SSSR count). The first kappa shape index (κ1) is 14.2. The fourth-order valence-corrected chi connectivity index (χ4v) is 2.12. The molecular formula is C13H18BrNO2. The van der Waals surface area contributed by atoms with E-state index in [1.807, 2.05) is 26.2 Å². The van der Waals surface area contributed by atoms with Crippen LogP contribution in [0.2, 0.25) is 0 Å². The van der Waals surface area contributed by atoms with Gasteiger partial charge in [-0.1, -0.05) is 28.1 Å². The summed E-state index contributed by atoms with van der Waals surface area (Å²) in [4.78, 5) is 12.6. The number of carboxylic acid groups (broad SMARTS) is 1. The Hall–Kier alpha value is -0.870. The Balaban J connectivity index is 2.65. The third kappa shape index (κ3) is 4.88. The molecule has 1 unspecified atom stereocenters. The van der Waals surface area contributed by atoms with E-state index < -0.39 is 5.97 Å². The minimum atomic E-state index is -0.724. The summed E-state index contributed by atoms with van der Waals surface area (Å²) in [5.41, 5.74) is 1.23. The smallest absolute Gasteiger partial charge is 0.303 e. The molecule has 1 atom stereocenters. The lowest BCUT2D eigenvalue weighted by molar-refractivity contribution is -0.137. The van der Waals surface area contributed by atoms with Gasteiger partial charge in [0.05, 0.1) is 0 Å². The summed E-state index contributed by atoms with van der Waals surface area (Å²) in [6.07, 6.45) is 1.80. The van der Waals surface area contributed by atoms with Crippen LogP contribution in [0.4, 0.5) is 0 Å². The minimum Gasteiger partial charge on any atom is -0.481 e. The van der Waals surface area contributed by atoms with Crippen LogP contribution in [0.25, 0.3) is 0 Å². The number of hydrogen-bond acceptors (Lipinski definition) is 2. The van der Waals surface area contributed by atoms with Gasteiger partial charge in [0.25, 0.3) is 0 Å². The molecule has 0 amide bonds. The molecule has 0 spiro atoms. The van der Waals surface area contributed by atoms with Crippen LogP contribution in [0.15, 0.2) is 28.7 Å². The van der Waals surface area contributed by atoms with E-state index in [0.29, 0.717) is 6.42 Å². The molecule has 3 nitrogen and oxygen atoms in total. The van der Waals surface area contributed by atoms with E-state index in [2.05, 4.69) is 33.0 Å². The number of rotatable bonds is 6. The van der Waals surface area contributed by atoms with Crippen LogP contribution in [0, 0.1) is 0 Å². The molecule has 0 saturated carbocycles. The van der Waals surface area contributed by atoms with Gasteiger partial charge in [-0.15, -0.1) is 0 Å². The molecule has 0 fully saturated rings. The summed E-state index contributed by atoms with van der Waals surface area (Å²) in [7, 11) is 4.04. The van der Waals surface area contributed by atoms with Crippen LogP contribution in [0.5, 0.6) is 0 Å². The number of benzene rings is 1. The van der Waals surface area contributed by atoms with Crippen molar-refractivity contribution in [1.29, 1.82) is 0 Å². The maximum atomic E-state index is 10.5. The fourth-order valence-electron chi connectivity index (χ4n) is 1.85. The highest BCUT2D eigenvalue weighted by atomic mass is 79.9. The SMILES string of the molecule is CN(C)C(CCCC(=O)O)c1ccc(Br)cc1. The summed E-state index contributed by atoms with van der Waals surface area (Å²) < 4.78 is 1.06. The van der Waals surface area contributed by atoms with E-state index in [4.69, 9.17) is 5.11 Å². The molecule has 0 aliphatic heterocycles. The average Bonchev–Trinajstić information content (AvgIpc) is 2.25. The molecular weight excluding hydrogens is 282 g/mol. The number of carbonyl (C=O) groups is 1. The van der Waals surface area contributed by atoms with Crippen molar-refractivity contribution < 1.29 is 9.90 Å². The van der Waals surface area contributed by atoms with Crippen molar-refractivity contribution in [3.8, 4) is 0 Å². The molecule has 0 aromatic heterocycles. The van der Waals surface area contributed by atoms with Crippen molar-refractivity contribution >= 4 is 21.9 Å². The summed E-state index contributed by atoms with van der Waals surface area (Å²) in [5, 5.41) is 8.65. The number of nitrogens with zero attached hydrogens (tertiary/aromatic N) is 1. The second kappa shape index (κ2) is 6.77. The van der Waals surface area contributed by atoms with Gasteiger partial charge < -0.3 is 10.0 Å². The summed E-state index contributed by atoms with van der Waals surface area (Å²) >= 11 is 3.41. The molecule has 0 radical (unpaired) electrons. The Morgan fingerprint density at radius 2 is 1.94 bits per heavy atom. The predicted molar refractivity (Wildman–Crippen MR) is 72.1 cm³/mol. The lowest BCUT2D eigenvalue weighted by Crippen LogP contribution is -2.20. The van der Waals surface area contributed by atoms with Gasteiger partial charge in [0.1, 0.15) is 0 Å². The first-order chi connectivity index (χ1) is 8.00. The molecule has 1 N–H and O–H groups in total. The first-order valence-corrected chi connectivity index (χ1v) is 6.43. The van der Waals surface area contributed by atoms with Gasteiger partial charge in [0.15, 0.2) is 0 Å². The zero-order chi connectivity index (χ0) is 12.8. The third-order valence-corrected chi connectivity index (χ3v) is 3.27.